The van der Waals surface area contributed by atoms with Gasteiger partial charge in [-0.25, -0.2) is 4.57 Å². The van der Waals surface area contributed by atoms with Gasteiger partial charge < -0.3 is 18.9 Å². The van der Waals surface area contributed by atoms with Gasteiger partial charge in [0.1, 0.15) is 19.8 Å². The van der Waals surface area contributed by atoms with Crippen LogP contribution in [0.25, 0.3) is 0 Å². The van der Waals surface area contributed by atoms with Crippen LogP contribution in [0.3, 0.4) is 0 Å². The SMILES string of the molecule is CC/C=C\C/C=C\C/C=C\C/C=C\C/C=C\CCCCCCCCCCCC(=O)OC(COC(=O)CCCCCCCCCCCCCCCCCCCCCCCCC/C=C\C/C=C\CCCCCCC)COP(=O)(O)OCC[N+](C)(C)C. The maximum atomic E-state index is 12.9. The summed E-state index contributed by atoms with van der Waals surface area (Å²) in [6.07, 6.45) is 88.4. The molecular formula is C74H135NO8P+. The maximum Gasteiger partial charge on any atom is 0.472 e. The zero-order valence-electron chi connectivity index (χ0n) is 55.6. The van der Waals surface area contributed by atoms with E-state index < -0.39 is 26.5 Å². The van der Waals surface area contributed by atoms with Gasteiger partial charge in [0.25, 0.3) is 0 Å². The van der Waals surface area contributed by atoms with Crippen molar-refractivity contribution in [1.29, 1.82) is 0 Å². The predicted octanol–water partition coefficient (Wildman–Crippen LogP) is 22.9. The van der Waals surface area contributed by atoms with E-state index in [2.05, 4.69) is 98.9 Å². The number of nitrogens with zero attached hydrogens (tertiary/aromatic N) is 1. The molecule has 0 aromatic carbocycles. The van der Waals surface area contributed by atoms with Crippen molar-refractivity contribution in [3.63, 3.8) is 0 Å². The van der Waals surface area contributed by atoms with Gasteiger partial charge in [-0.3, -0.25) is 18.6 Å². The number of likely N-dealkylation sites (N-methyl/N-ethyl adjacent to an activating group) is 1. The van der Waals surface area contributed by atoms with Crippen LogP contribution in [-0.2, 0) is 32.7 Å². The quantitative estimate of drug-likeness (QED) is 0.0211. The molecule has 9 nitrogen and oxygen atoms in total. The molecule has 488 valence electrons. The third kappa shape index (κ3) is 68.3. The Hall–Kier alpha value is -2.81. The maximum absolute atomic E-state index is 12.9. The summed E-state index contributed by atoms with van der Waals surface area (Å²) < 4.78 is 34.7. The van der Waals surface area contributed by atoms with Crippen molar-refractivity contribution in [3.05, 3.63) is 85.1 Å². The highest BCUT2D eigenvalue weighted by atomic mass is 31.2. The Bertz CT molecular complexity index is 1690. The normalized spacial score (nSPS) is 13.6. The van der Waals surface area contributed by atoms with Crippen molar-refractivity contribution in [2.24, 2.45) is 0 Å². The van der Waals surface area contributed by atoms with E-state index in [4.69, 9.17) is 18.5 Å². The van der Waals surface area contributed by atoms with E-state index in [1.807, 2.05) is 21.1 Å². The Morgan fingerprint density at radius 2 is 0.679 bits per heavy atom. The van der Waals surface area contributed by atoms with Gasteiger partial charge in [-0.15, -0.1) is 0 Å². The molecule has 0 rings (SSSR count). The number of hydrogen-bond acceptors (Lipinski definition) is 7. The molecule has 1 N–H and O–H groups in total. The highest BCUT2D eigenvalue weighted by molar-refractivity contribution is 7.47. The number of esters is 2. The lowest BCUT2D eigenvalue weighted by atomic mass is 10.0. The van der Waals surface area contributed by atoms with E-state index in [0.29, 0.717) is 17.4 Å². The summed E-state index contributed by atoms with van der Waals surface area (Å²) in [4.78, 5) is 35.9. The van der Waals surface area contributed by atoms with Crippen molar-refractivity contribution in [1.82, 2.24) is 0 Å². The summed E-state index contributed by atoms with van der Waals surface area (Å²) in [6, 6.07) is 0. The van der Waals surface area contributed by atoms with Gasteiger partial charge in [-0.2, -0.15) is 0 Å². The first-order chi connectivity index (χ1) is 41.0. The largest absolute Gasteiger partial charge is 0.472 e. The smallest absolute Gasteiger partial charge is 0.462 e. The molecule has 2 atom stereocenters. The summed E-state index contributed by atoms with van der Waals surface area (Å²) in [5.74, 6) is -0.795. The number of unbranched alkanes of at least 4 members (excludes halogenated alkanes) is 37. The minimum absolute atomic E-state index is 0.0286. The Kier molecular flexibility index (Phi) is 62.5. The Morgan fingerprint density at radius 3 is 1.01 bits per heavy atom. The fourth-order valence-electron chi connectivity index (χ4n) is 10.0. The van der Waals surface area contributed by atoms with E-state index in [1.165, 1.54) is 205 Å². The van der Waals surface area contributed by atoms with E-state index in [1.54, 1.807) is 0 Å². The van der Waals surface area contributed by atoms with Crippen molar-refractivity contribution in [2.45, 2.75) is 328 Å². The molecule has 0 saturated carbocycles. The minimum atomic E-state index is -4.40. The van der Waals surface area contributed by atoms with Crippen LogP contribution in [-0.4, -0.2) is 74.9 Å². The van der Waals surface area contributed by atoms with Crippen molar-refractivity contribution < 1.29 is 42.1 Å². The number of quaternary nitrogens is 1. The number of hydrogen-bond donors (Lipinski definition) is 1. The lowest BCUT2D eigenvalue weighted by Crippen LogP contribution is -2.37. The molecule has 0 heterocycles. The Balaban J connectivity index is 4.00. The second-order valence-corrected chi connectivity index (χ2v) is 26.3. The molecule has 0 aliphatic rings. The first-order valence-electron chi connectivity index (χ1n) is 35.3. The molecular weight excluding hydrogens is 1060 g/mol. The van der Waals surface area contributed by atoms with E-state index in [-0.39, 0.29) is 32.0 Å². The number of ether oxygens (including phenoxy) is 2. The molecule has 0 bridgehead atoms. The third-order valence-electron chi connectivity index (χ3n) is 15.4. The number of phosphoric acid groups is 1. The fourth-order valence-corrected chi connectivity index (χ4v) is 10.8. The van der Waals surface area contributed by atoms with Gasteiger partial charge in [0.15, 0.2) is 6.10 Å². The van der Waals surface area contributed by atoms with Crippen LogP contribution in [0, 0.1) is 0 Å². The number of carbonyl (C=O) groups is 2. The van der Waals surface area contributed by atoms with Gasteiger partial charge in [-0.05, 0) is 89.9 Å². The highest BCUT2D eigenvalue weighted by Crippen LogP contribution is 2.43. The van der Waals surface area contributed by atoms with Crippen LogP contribution in [0.1, 0.15) is 322 Å². The monoisotopic (exact) mass is 1200 g/mol. The molecule has 0 aromatic heterocycles. The molecule has 0 aliphatic carbocycles. The molecule has 2 unspecified atom stereocenters. The minimum Gasteiger partial charge on any atom is -0.462 e. The number of allylic oxidation sites excluding steroid dienone is 14. The average Bonchev–Trinajstić information content (AvgIpc) is 3.60. The van der Waals surface area contributed by atoms with E-state index in [9.17, 15) is 19.0 Å². The second-order valence-electron chi connectivity index (χ2n) is 24.9. The molecule has 0 saturated heterocycles. The van der Waals surface area contributed by atoms with Crippen LogP contribution < -0.4 is 0 Å². The van der Waals surface area contributed by atoms with Gasteiger partial charge in [0.05, 0.1) is 27.7 Å². The highest BCUT2D eigenvalue weighted by Gasteiger charge is 2.27. The summed E-state index contributed by atoms with van der Waals surface area (Å²) in [5, 5.41) is 0. The summed E-state index contributed by atoms with van der Waals surface area (Å²) in [6.45, 7) is 4.34. The fraction of sp³-hybridized carbons (Fsp3) is 0.784. The molecule has 0 aromatic rings. The van der Waals surface area contributed by atoms with Gasteiger partial charge in [0, 0.05) is 12.8 Å². The third-order valence-corrected chi connectivity index (χ3v) is 16.4. The van der Waals surface area contributed by atoms with Crippen LogP contribution in [0.5, 0.6) is 0 Å². The predicted molar refractivity (Wildman–Crippen MR) is 362 cm³/mol. The average molecular weight is 1200 g/mol. The zero-order valence-corrected chi connectivity index (χ0v) is 56.5. The number of phosphoric ester groups is 1. The Morgan fingerprint density at radius 1 is 0.381 bits per heavy atom. The first-order valence-corrected chi connectivity index (χ1v) is 36.8. The first kappa shape index (κ1) is 81.2. The molecule has 0 amide bonds. The summed E-state index contributed by atoms with van der Waals surface area (Å²) in [7, 11) is 1.48. The van der Waals surface area contributed by atoms with Crippen molar-refractivity contribution in [2.75, 3.05) is 47.5 Å². The summed E-state index contributed by atoms with van der Waals surface area (Å²) in [5.41, 5.74) is 0. The van der Waals surface area contributed by atoms with Gasteiger partial charge >= 0.3 is 19.8 Å². The second kappa shape index (κ2) is 64.7. The number of rotatable bonds is 65. The standard InChI is InChI=1S/C74H134NO8P/c1-6-8-10-12-14-16-18-20-22-24-26-28-30-32-33-34-35-36-37-38-39-40-41-43-44-46-48-50-52-54-56-58-60-62-64-66-73(76)80-70-72(71-82-84(78,79)81-69-68-75(3,4)5)83-74(77)67-65-63-61-59-57-55-53-51-49-47-45-42-31-29-27-25-23-21-19-17-15-13-11-9-7-2/h9,11,15,17-18,20-21,23-24,26-27,29,42,45,72H,6-8,10,12-14,16,19,22,25,28,30-41,43-44,46-71H2,1-5H3/p+1/b11-9-,17-15-,20-18-,23-21-,26-24-,29-27-,45-42-. The Labute approximate surface area is 520 Å². The molecule has 10 heteroatoms. The molecule has 0 spiro atoms. The van der Waals surface area contributed by atoms with E-state index >= 15 is 0 Å². The molecule has 0 aliphatic heterocycles. The van der Waals surface area contributed by atoms with Crippen molar-refractivity contribution >= 4 is 19.8 Å². The van der Waals surface area contributed by atoms with Gasteiger partial charge in [0.2, 0.25) is 0 Å². The van der Waals surface area contributed by atoms with Crippen LogP contribution in [0.15, 0.2) is 85.1 Å². The summed E-state index contributed by atoms with van der Waals surface area (Å²) >= 11 is 0. The lowest BCUT2D eigenvalue weighted by molar-refractivity contribution is -0.870. The topological polar surface area (TPSA) is 108 Å². The van der Waals surface area contributed by atoms with Gasteiger partial charge in [-0.1, -0.05) is 304 Å². The van der Waals surface area contributed by atoms with Crippen LogP contribution in [0.4, 0.5) is 0 Å². The van der Waals surface area contributed by atoms with Crippen molar-refractivity contribution in [3.8, 4) is 0 Å². The van der Waals surface area contributed by atoms with E-state index in [0.717, 1.165) is 83.5 Å². The number of carbonyl (C=O) groups excluding carboxylic acids is 2. The van der Waals surface area contributed by atoms with Crippen LogP contribution >= 0.6 is 7.82 Å². The molecule has 84 heavy (non-hydrogen) atoms. The lowest BCUT2D eigenvalue weighted by Gasteiger charge is -2.24. The zero-order chi connectivity index (χ0) is 61.2. The molecule has 0 radical (unpaired) electrons. The molecule has 0 fully saturated rings. The van der Waals surface area contributed by atoms with Crippen LogP contribution in [0.2, 0.25) is 0 Å².